The van der Waals surface area contributed by atoms with Crippen molar-refractivity contribution < 1.29 is 29.3 Å². The highest BCUT2D eigenvalue weighted by Gasteiger charge is 2.45. The number of ketones is 1. The Labute approximate surface area is 409 Å². The Kier molecular flexibility index (Phi) is 14.1. The highest BCUT2D eigenvalue weighted by molar-refractivity contribution is 5.94. The summed E-state index contributed by atoms with van der Waals surface area (Å²) in [7, 11) is 1.55. The fourth-order valence-electron chi connectivity index (χ4n) is 10.9. The van der Waals surface area contributed by atoms with Gasteiger partial charge in [0.1, 0.15) is 17.5 Å². The van der Waals surface area contributed by atoms with Crippen molar-refractivity contribution in [1.29, 1.82) is 0 Å². The number of piperidine rings is 2. The number of nitrogens with zero attached hydrogens (tertiary/aromatic N) is 8. The number of H-pyrrole nitrogens is 1. The van der Waals surface area contributed by atoms with Crippen LogP contribution >= 0.6 is 0 Å². The number of aromatic nitrogens is 5. The van der Waals surface area contributed by atoms with E-state index >= 15 is 0 Å². The summed E-state index contributed by atoms with van der Waals surface area (Å²) < 4.78 is 5.38. The first kappa shape index (κ1) is 48.4. The average Bonchev–Trinajstić information content (AvgIpc) is 3.96. The highest BCUT2D eigenvalue weighted by Crippen LogP contribution is 2.39. The third-order valence-electron chi connectivity index (χ3n) is 14.9. The topological polar surface area (TPSA) is 205 Å². The van der Waals surface area contributed by atoms with Gasteiger partial charge in [0.05, 0.1) is 43.1 Å². The third-order valence-corrected chi connectivity index (χ3v) is 14.9. The molecule has 4 aliphatic heterocycles. The van der Waals surface area contributed by atoms with Crippen LogP contribution in [0.4, 0.5) is 10.7 Å². The van der Waals surface area contributed by atoms with Crippen molar-refractivity contribution in [3.8, 4) is 35.1 Å². The number of carbonyl (C=O) groups excluding carboxylic acids is 3. The first-order valence-electron chi connectivity index (χ1n) is 24.6. The van der Waals surface area contributed by atoms with Gasteiger partial charge in [0, 0.05) is 86.2 Å². The van der Waals surface area contributed by atoms with Gasteiger partial charge in [-0.25, -0.2) is 14.8 Å². The first-order valence-corrected chi connectivity index (χ1v) is 24.6. The monoisotopic (exact) mass is 952 g/mol. The number of fused-ring (bicyclic) bond motifs is 3. The molecule has 70 heavy (non-hydrogen) atoms. The van der Waals surface area contributed by atoms with Crippen LogP contribution in [0.2, 0.25) is 0 Å². The lowest BCUT2D eigenvalue weighted by Gasteiger charge is -2.42. The maximum absolute atomic E-state index is 14.3. The number of aromatic hydroxyl groups is 1. The Hall–Kier alpha value is -6.61. The number of ether oxygens (including phenoxy) is 1. The fraction of sp³-hybridized carbons (Fsp3) is 0.491. The zero-order valence-corrected chi connectivity index (χ0v) is 40.8. The molecule has 0 saturated carbocycles. The molecule has 368 valence electrons. The summed E-state index contributed by atoms with van der Waals surface area (Å²) in [6.07, 6.45) is 13.3. The van der Waals surface area contributed by atoms with Crippen LogP contribution in [0.5, 0.6) is 11.5 Å². The van der Waals surface area contributed by atoms with Crippen molar-refractivity contribution >= 4 is 34.7 Å². The summed E-state index contributed by atoms with van der Waals surface area (Å²) >= 11 is 0. The van der Waals surface area contributed by atoms with E-state index in [-0.39, 0.29) is 49.0 Å². The van der Waals surface area contributed by atoms with Crippen LogP contribution in [0.1, 0.15) is 99.7 Å². The van der Waals surface area contributed by atoms with Crippen LogP contribution in [-0.2, 0) is 22.6 Å². The second-order valence-electron chi connectivity index (χ2n) is 20.4. The van der Waals surface area contributed by atoms with Gasteiger partial charge in [-0.15, -0.1) is 16.6 Å². The Morgan fingerprint density at radius 1 is 0.986 bits per heavy atom. The van der Waals surface area contributed by atoms with Crippen LogP contribution < -0.4 is 20.3 Å². The number of rotatable bonds is 12. The van der Waals surface area contributed by atoms with E-state index in [1.165, 1.54) is 4.90 Å². The molecule has 5 N–H and O–H groups in total. The molecular formula is C53H65N11O6. The smallest absolute Gasteiger partial charge is 0.318 e. The Bertz CT molecular complexity index is 2750. The standard InChI is InChI=1S/C53H65N11O6/c1-7-34-13-12-33(24-46(34)70-6)27-54-30-45(67)43-25-38(65)31-64(43)50(68)48(53(3,4)5)58-52(69)62-21-16-37(17-22-62)61-19-14-35(15-20-61)36-28-55-51(56-29-36)63-23-18-41-47(32(63)2)40-26-42(59-60-49(40)57-41)39-10-8-9-11-44(39)66/h1,8-13,24,26,28-29,32,35,37-38,43,48,54,65-66H,14-23,25,27,30-31H2,2-6H3,(H,57,60)(H,58,69)/t32-,38-,43+,48-/m1/s1. The number of nitrogens with one attached hydrogen (secondary N) is 3. The number of aromatic amines is 1. The number of anilines is 1. The zero-order valence-electron chi connectivity index (χ0n) is 40.8. The number of amides is 3. The van der Waals surface area contributed by atoms with E-state index in [0.717, 1.165) is 85.2 Å². The molecule has 0 aliphatic carbocycles. The van der Waals surface area contributed by atoms with Crippen molar-refractivity contribution in [2.24, 2.45) is 5.41 Å². The molecule has 0 radical (unpaired) electrons. The SMILES string of the molecule is C#Cc1ccc(CNCC(=O)[C@@H]2C[C@@H](O)CN2C(=O)[C@@H](NC(=O)N2CCC(N3CCC(c4cnc(N5CCc6[nH]c7nnc(-c8ccccc8O)cc7c6[C@H]5C)nc4)CC3)CC2)C(C)(C)C)cc1OC. The summed E-state index contributed by atoms with van der Waals surface area (Å²) in [6.45, 7) is 12.1. The van der Waals surface area contributed by atoms with Gasteiger partial charge in [-0.1, -0.05) is 44.9 Å². The molecule has 3 amide bonds. The van der Waals surface area contributed by atoms with Crippen LogP contribution in [0.3, 0.4) is 0 Å². The number of aliphatic hydroxyl groups is 1. The quantitative estimate of drug-likeness (QED) is 0.101. The zero-order chi connectivity index (χ0) is 49.3. The molecule has 3 fully saturated rings. The van der Waals surface area contributed by atoms with Crippen molar-refractivity contribution in [1.82, 2.24) is 50.5 Å². The summed E-state index contributed by atoms with van der Waals surface area (Å²) in [5.41, 5.74) is 6.30. The predicted octanol–water partition coefficient (Wildman–Crippen LogP) is 5.32. The highest BCUT2D eigenvalue weighted by atomic mass is 16.5. The number of likely N-dealkylation sites (tertiary alicyclic amines) is 3. The maximum Gasteiger partial charge on any atom is 0.318 e. The number of aliphatic hydroxyl groups excluding tert-OH is 1. The number of carbonyl (C=O) groups is 3. The maximum atomic E-state index is 14.3. The van der Waals surface area contributed by atoms with Crippen molar-refractivity contribution in [2.45, 2.75) is 109 Å². The largest absolute Gasteiger partial charge is 0.507 e. The van der Waals surface area contributed by atoms with E-state index in [1.807, 2.05) is 63.5 Å². The molecule has 17 heteroatoms. The summed E-state index contributed by atoms with van der Waals surface area (Å²) in [6, 6.07) is 13.0. The van der Waals surface area contributed by atoms with Crippen LogP contribution in [-0.4, -0.2) is 145 Å². The molecule has 2 aromatic carbocycles. The minimum atomic E-state index is -0.901. The van der Waals surface area contributed by atoms with Crippen LogP contribution in [0, 0.1) is 17.8 Å². The van der Waals surface area contributed by atoms with Gasteiger partial charge in [0.25, 0.3) is 0 Å². The lowest BCUT2D eigenvalue weighted by molar-refractivity contribution is -0.141. The van der Waals surface area contributed by atoms with E-state index in [1.54, 1.807) is 30.2 Å². The second kappa shape index (κ2) is 20.4. The van der Waals surface area contributed by atoms with E-state index in [4.69, 9.17) is 21.1 Å². The minimum absolute atomic E-state index is 0.00132. The van der Waals surface area contributed by atoms with Gasteiger partial charge in [-0.3, -0.25) is 9.59 Å². The lowest BCUT2D eigenvalue weighted by atomic mass is 9.85. The van der Waals surface area contributed by atoms with E-state index in [2.05, 4.69) is 48.5 Å². The number of Topliss-reactive ketones (excluding diaryl/α,β-unsaturated/α-hetero) is 1. The first-order chi connectivity index (χ1) is 33.7. The van der Waals surface area contributed by atoms with Gasteiger partial charge in [-0.05, 0) is 98.5 Å². The number of hydrogen-bond donors (Lipinski definition) is 5. The molecule has 4 aliphatic rings. The number of β-amino-alcohol motifs (C(OH)–C–C–N with tert-alkyl or cyclic N) is 1. The van der Waals surface area contributed by atoms with Gasteiger partial charge in [0.2, 0.25) is 11.9 Å². The number of phenols is 1. The number of urea groups is 1. The van der Waals surface area contributed by atoms with Gasteiger partial charge >= 0.3 is 6.03 Å². The predicted molar refractivity (Wildman–Crippen MR) is 266 cm³/mol. The molecule has 5 aromatic rings. The molecule has 4 atom stereocenters. The molecule has 0 bridgehead atoms. The number of para-hydroxylation sites is 1. The number of phenolic OH excluding ortho intramolecular Hbond substituents is 1. The van der Waals surface area contributed by atoms with Gasteiger partial charge < -0.3 is 50.2 Å². The van der Waals surface area contributed by atoms with Crippen LogP contribution in [0.25, 0.3) is 22.3 Å². The molecule has 0 spiro atoms. The second-order valence-corrected chi connectivity index (χ2v) is 20.4. The van der Waals surface area contributed by atoms with Crippen molar-refractivity contribution in [3.05, 3.63) is 88.9 Å². The Morgan fingerprint density at radius 3 is 2.43 bits per heavy atom. The number of terminal acetylenes is 1. The Morgan fingerprint density at radius 2 is 1.73 bits per heavy atom. The van der Waals surface area contributed by atoms with E-state index in [0.29, 0.717) is 60.1 Å². The molecule has 7 heterocycles. The van der Waals surface area contributed by atoms with E-state index in [9.17, 15) is 24.6 Å². The average molecular weight is 952 g/mol. The van der Waals surface area contributed by atoms with Crippen LogP contribution in [0.15, 0.2) is 60.9 Å². The van der Waals surface area contributed by atoms with E-state index < -0.39 is 23.6 Å². The van der Waals surface area contributed by atoms with Crippen molar-refractivity contribution in [3.63, 3.8) is 0 Å². The fourth-order valence-corrected chi connectivity index (χ4v) is 10.9. The molecule has 17 nitrogen and oxygen atoms in total. The third kappa shape index (κ3) is 10.0. The number of methoxy groups -OCH3 is 1. The molecule has 0 unspecified atom stereocenters. The molecule has 3 aromatic heterocycles. The molecule has 9 rings (SSSR count). The number of benzene rings is 2. The molecular weight excluding hydrogens is 887 g/mol. The summed E-state index contributed by atoms with van der Waals surface area (Å²) in [4.78, 5) is 63.0. The van der Waals surface area contributed by atoms with Crippen molar-refractivity contribution in [2.75, 3.05) is 57.8 Å². The summed E-state index contributed by atoms with van der Waals surface area (Å²) in [5, 5.41) is 37.3. The lowest BCUT2D eigenvalue weighted by Crippen LogP contribution is -2.60. The minimum Gasteiger partial charge on any atom is -0.507 e. The number of hydrogen-bond acceptors (Lipinski definition) is 13. The summed E-state index contributed by atoms with van der Waals surface area (Å²) in [5.74, 6) is 3.81. The van der Waals surface area contributed by atoms with Gasteiger partial charge in [0.15, 0.2) is 11.4 Å². The Balaban J connectivity index is 0.751. The molecule has 3 saturated heterocycles. The van der Waals surface area contributed by atoms with Gasteiger partial charge in [-0.2, -0.15) is 0 Å². The normalized spacial score (nSPS) is 20.8.